The maximum atomic E-state index is 11.6. The number of aromatic nitrogens is 4. The minimum Gasteiger partial charge on any atom is -0.481 e. The van der Waals surface area contributed by atoms with E-state index in [1.54, 1.807) is 73.6 Å². The van der Waals surface area contributed by atoms with Crippen molar-refractivity contribution in [3.63, 3.8) is 0 Å². The molecule has 2 amide bonds. The molecule has 20 heteroatoms. The maximum absolute atomic E-state index is 11.6. The number of carbonyl (C=O) groups is 6. The first-order chi connectivity index (χ1) is 30.0. The van der Waals surface area contributed by atoms with Crippen LogP contribution in [0.4, 0.5) is 0 Å². The lowest BCUT2D eigenvalue weighted by atomic mass is 10.1. The number of carboxylic acids is 4. The second-order valence-corrected chi connectivity index (χ2v) is 13.3. The number of nitrogens with zero attached hydrogens (tertiary/aromatic N) is 6. The summed E-state index contributed by atoms with van der Waals surface area (Å²) in [6.07, 6.45) is 27.5. The van der Waals surface area contributed by atoms with E-state index in [-0.39, 0.29) is 48.5 Å². The zero-order valence-electron chi connectivity index (χ0n) is 35.6. The molecule has 0 aliphatic carbocycles. The lowest BCUT2D eigenvalue weighted by molar-refractivity contribution is -0.138. The van der Waals surface area contributed by atoms with Gasteiger partial charge in [0.15, 0.2) is 0 Å². The van der Waals surface area contributed by atoms with Crippen molar-refractivity contribution < 1.29 is 60.1 Å². The van der Waals surface area contributed by atoms with E-state index in [4.69, 9.17) is 20.4 Å². The van der Waals surface area contributed by atoms with E-state index in [0.29, 0.717) is 11.1 Å². The molecule has 0 saturated carbocycles. The summed E-state index contributed by atoms with van der Waals surface area (Å²) in [5.74, 6) is -3.55. The number of hydrogen-bond donors (Lipinski definition) is 6. The molecule has 0 radical (unpaired) electrons. The van der Waals surface area contributed by atoms with Crippen molar-refractivity contribution in [1.82, 2.24) is 30.8 Å². The molecule has 10 N–H and O–H groups in total. The average Bonchev–Trinajstić information content (AvgIpc) is 3.27. The summed E-state index contributed by atoms with van der Waals surface area (Å²) >= 11 is 0. The zero-order chi connectivity index (χ0) is 45.5. The van der Waals surface area contributed by atoms with E-state index in [1.165, 1.54) is 24.8 Å². The highest BCUT2D eigenvalue weighted by atomic mass is 16.4. The Balaban J connectivity index is 0. The summed E-state index contributed by atoms with van der Waals surface area (Å²) in [5, 5.41) is 41.1. The van der Waals surface area contributed by atoms with Crippen molar-refractivity contribution >= 4 is 48.1 Å². The predicted octanol–water partition coefficient (Wildman–Crippen LogP) is 5.38. The first-order valence-corrected chi connectivity index (χ1v) is 20.1. The Morgan fingerprint density at radius 2 is 0.688 bits per heavy atom. The highest BCUT2D eigenvalue weighted by Crippen LogP contribution is 2.09. The van der Waals surface area contributed by atoms with Crippen LogP contribution in [0.3, 0.4) is 0 Å². The van der Waals surface area contributed by atoms with Crippen molar-refractivity contribution in [3.8, 4) is 0 Å². The quantitative estimate of drug-likeness (QED) is 0.0292. The van der Waals surface area contributed by atoms with E-state index >= 15 is 0 Å². The van der Waals surface area contributed by atoms with Crippen LogP contribution in [0, 0.1) is 0 Å². The molecular formula is C44H60N8O12. The van der Waals surface area contributed by atoms with E-state index in [1.807, 2.05) is 12.1 Å². The average molecular weight is 893 g/mol. The number of pyridine rings is 4. The van der Waals surface area contributed by atoms with Crippen LogP contribution in [0.5, 0.6) is 0 Å². The number of carbonyl (C=O) groups excluding carboxylic acids is 2. The van der Waals surface area contributed by atoms with Crippen LogP contribution in [0.1, 0.15) is 135 Å². The van der Waals surface area contributed by atoms with E-state index < -0.39 is 23.9 Å². The van der Waals surface area contributed by atoms with Gasteiger partial charge in [-0.2, -0.15) is 10.2 Å². The largest absolute Gasteiger partial charge is 0.481 e. The lowest BCUT2D eigenvalue weighted by Gasteiger charge is -1.98. The van der Waals surface area contributed by atoms with Gasteiger partial charge in [-0.25, -0.2) is 10.9 Å². The van der Waals surface area contributed by atoms with Gasteiger partial charge >= 0.3 is 23.9 Å². The third-order valence-corrected chi connectivity index (χ3v) is 8.04. The predicted molar refractivity (Wildman–Crippen MR) is 239 cm³/mol. The first kappa shape index (κ1) is 58.8. The van der Waals surface area contributed by atoms with Crippen molar-refractivity contribution in [2.24, 2.45) is 10.2 Å². The Morgan fingerprint density at radius 1 is 0.422 bits per heavy atom. The van der Waals surface area contributed by atoms with Gasteiger partial charge in [0, 0.05) is 86.4 Å². The van der Waals surface area contributed by atoms with E-state index in [9.17, 15) is 28.8 Å². The molecule has 0 fully saturated rings. The van der Waals surface area contributed by atoms with Crippen molar-refractivity contribution in [1.29, 1.82) is 0 Å². The monoisotopic (exact) mass is 892 g/mol. The van der Waals surface area contributed by atoms with E-state index in [2.05, 4.69) is 41.0 Å². The maximum Gasteiger partial charge on any atom is 0.303 e. The van der Waals surface area contributed by atoms with Crippen LogP contribution in [0.2, 0.25) is 0 Å². The molecule has 64 heavy (non-hydrogen) atoms. The highest BCUT2D eigenvalue weighted by Gasteiger charge is 2.04. The summed E-state index contributed by atoms with van der Waals surface area (Å²) in [6, 6.07) is 14.0. The van der Waals surface area contributed by atoms with Gasteiger partial charge in [-0.3, -0.25) is 48.7 Å². The van der Waals surface area contributed by atoms with Crippen molar-refractivity contribution in [3.05, 3.63) is 120 Å². The third-order valence-electron chi connectivity index (χ3n) is 8.04. The van der Waals surface area contributed by atoms with Crippen LogP contribution in [0.15, 0.2) is 108 Å². The van der Waals surface area contributed by atoms with Gasteiger partial charge in [0.1, 0.15) is 0 Å². The van der Waals surface area contributed by atoms with Gasteiger partial charge < -0.3 is 31.4 Å². The summed E-state index contributed by atoms with van der Waals surface area (Å²) in [6.45, 7) is 0. The molecule has 0 aliphatic heterocycles. The fraction of sp³-hybridized carbons (Fsp3) is 0.364. The minimum atomic E-state index is -0.740. The number of aliphatic carboxylic acids is 4. The van der Waals surface area contributed by atoms with Gasteiger partial charge in [-0.05, 0) is 62.1 Å². The van der Waals surface area contributed by atoms with Gasteiger partial charge in [-0.15, -0.1) is 0 Å². The van der Waals surface area contributed by atoms with Crippen LogP contribution in [0.25, 0.3) is 0 Å². The normalized spacial score (nSPS) is 9.88. The molecule has 4 heterocycles. The lowest BCUT2D eigenvalue weighted by Crippen LogP contribution is -2.17. The molecule has 348 valence electrons. The fourth-order valence-electron chi connectivity index (χ4n) is 4.88. The molecule has 0 aromatic carbocycles. The third kappa shape index (κ3) is 35.4. The topological polar surface area (TPSA) is 347 Å². The van der Waals surface area contributed by atoms with Crippen molar-refractivity contribution in [2.45, 2.75) is 103 Å². The molecule has 0 bridgehead atoms. The number of rotatable bonds is 24. The fourth-order valence-corrected chi connectivity index (χ4v) is 4.88. The SMILES string of the molecule is O.O.O=C(N/N=C/c1cccnc1)c1cccnc1.O=C(N/N=C/c1cccnc1)c1cccnc1.O=C(O)CCCCCCCCC(=O)O.O=C(O)CCCCCCCCC(=O)O. The highest BCUT2D eigenvalue weighted by molar-refractivity contribution is 5.95. The number of carboxylic acid groups (broad SMARTS) is 4. The zero-order valence-corrected chi connectivity index (χ0v) is 35.6. The standard InChI is InChI=1S/2C12H10N4O.2C10H18O4.2H2O/c2*17-12(11-4-2-6-14-9-11)16-15-8-10-3-1-5-13-7-10;2*11-9(12)7-5-3-1-2-4-6-8-10(13)14;;/h2*1-9H,(H,16,17);2*1-8H2,(H,11,12)(H,13,14);2*1H2/b2*15-8+;;;;. The Hall–Kier alpha value is -7.32. The molecule has 4 aromatic rings. The summed E-state index contributed by atoms with van der Waals surface area (Å²) in [5.41, 5.74) is 7.39. The van der Waals surface area contributed by atoms with Gasteiger partial charge in [0.25, 0.3) is 11.8 Å². The van der Waals surface area contributed by atoms with Crippen molar-refractivity contribution in [2.75, 3.05) is 0 Å². The number of hydrogen-bond acceptors (Lipinski definition) is 12. The number of amides is 2. The van der Waals surface area contributed by atoms with Crippen LogP contribution >= 0.6 is 0 Å². The van der Waals surface area contributed by atoms with Crippen LogP contribution in [-0.2, 0) is 19.2 Å². The molecule has 0 atom stereocenters. The van der Waals surface area contributed by atoms with Gasteiger partial charge in [0.2, 0.25) is 0 Å². The van der Waals surface area contributed by atoms with Gasteiger partial charge in [-0.1, -0.05) is 63.5 Å². The molecule has 0 unspecified atom stereocenters. The molecule has 0 saturated heterocycles. The summed E-state index contributed by atoms with van der Waals surface area (Å²) in [4.78, 5) is 79.2. The molecule has 4 aromatic heterocycles. The van der Waals surface area contributed by atoms with Crippen LogP contribution < -0.4 is 10.9 Å². The molecule has 0 spiro atoms. The van der Waals surface area contributed by atoms with Gasteiger partial charge in [0.05, 0.1) is 23.6 Å². The molecule has 20 nitrogen and oxygen atoms in total. The second-order valence-electron chi connectivity index (χ2n) is 13.3. The minimum absolute atomic E-state index is 0. The number of nitrogens with one attached hydrogen (secondary N) is 2. The smallest absolute Gasteiger partial charge is 0.303 e. The Labute approximate surface area is 371 Å². The summed E-state index contributed by atoms with van der Waals surface area (Å²) < 4.78 is 0. The number of unbranched alkanes of at least 4 members (excludes halogenated alkanes) is 10. The number of hydrazone groups is 2. The van der Waals surface area contributed by atoms with E-state index in [0.717, 1.165) is 88.2 Å². The first-order valence-electron chi connectivity index (χ1n) is 20.1. The Morgan fingerprint density at radius 3 is 0.922 bits per heavy atom. The molecule has 0 aliphatic rings. The molecule has 4 rings (SSSR count). The second kappa shape index (κ2) is 39.8. The molecular weight excluding hydrogens is 833 g/mol. The Bertz CT molecular complexity index is 1730. The Kier molecular flexibility index (Phi) is 36.5. The summed E-state index contributed by atoms with van der Waals surface area (Å²) in [7, 11) is 0. The van der Waals surface area contributed by atoms with Crippen LogP contribution in [-0.4, -0.2) is 99.4 Å².